The number of carbonyl (C=O) groups is 2. The molecule has 1 N–H and O–H groups in total. The maximum absolute atomic E-state index is 12.4. The Bertz CT molecular complexity index is 575. The smallest absolute Gasteiger partial charge is 0.337 e. The van der Waals surface area contributed by atoms with Crippen LogP contribution in [-0.2, 0) is 16.1 Å². The lowest BCUT2D eigenvalue weighted by Gasteiger charge is -2.28. The topological polar surface area (TPSA) is 58.6 Å². The molecule has 1 unspecified atom stereocenters. The van der Waals surface area contributed by atoms with E-state index in [9.17, 15) is 9.59 Å². The summed E-state index contributed by atoms with van der Waals surface area (Å²) in [4.78, 5) is 25.8. The molecule has 1 aromatic carbocycles. The maximum Gasteiger partial charge on any atom is 0.337 e. The van der Waals surface area contributed by atoms with Gasteiger partial charge in [-0.25, -0.2) is 4.79 Å². The summed E-state index contributed by atoms with van der Waals surface area (Å²) in [6, 6.07) is 7.63. The molecule has 1 fully saturated rings. The molecule has 0 spiro atoms. The largest absolute Gasteiger partial charge is 0.465 e. The van der Waals surface area contributed by atoms with Crippen molar-refractivity contribution in [2.45, 2.75) is 58.2 Å². The van der Waals surface area contributed by atoms with Crippen LogP contribution in [0.25, 0.3) is 0 Å². The van der Waals surface area contributed by atoms with Gasteiger partial charge in [0, 0.05) is 31.1 Å². The van der Waals surface area contributed by atoms with Crippen molar-refractivity contribution < 1.29 is 14.3 Å². The van der Waals surface area contributed by atoms with E-state index >= 15 is 0 Å². The number of hydrogen-bond acceptors (Lipinski definition) is 4. The lowest BCUT2D eigenvalue weighted by molar-refractivity contribution is -0.131. The zero-order chi connectivity index (χ0) is 17.7. The van der Waals surface area contributed by atoms with Crippen LogP contribution >= 0.6 is 0 Å². The minimum Gasteiger partial charge on any atom is -0.465 e. The summed E-state index contributed by atoms with van der Waals surface area (Å²) in [6.45, 7) is 7.80. The number of carbonyl (C=O) groups excluding carboxylic acids is 2. The third-order valence-corrected chi connectivity index (χ3v) is 4.19. The number of likely N-dealkylation sites (tertiary alicyclic amines) is 1. The summed E-state index contributed by atoms with van der Waals surface area (Å²) in [5.41, 5.74) is 1.61. The lowest BCUT2D eigenvalue weighted by atomic mass is 10.0. The van der Waals surface area contributed by atoms with Gasteiger partial charge in [-0.1, -0.05) is 12.1 Å². The van der Waals surface area contributed by atoms with Gasteiger partial charge in [-0.15, -0.1) is 0 Å². The van der Waals surface area contributed by atoms with Crippen molar-refractivity contribution in [2.75, 3.05) is 13.7 Å². The van der Waals surface area contributed by atoms with E-state index in [1.807, 2.05) is 17.0 Å². The number of rotatable bonds is 4. The lowest BCUT2D eigenvalue weighted by Crippen LogP contribution is -2.44. The van der Waals surface area contributed by atoms with Gasteiger partial charge in [0.2, 0.25) is 5.91 Å². The minimum absolute atomic E-state index is 0.0621. The Morgan fingerprint density at radius 3 is 2.50 bits per heavy atom. The summed E-state index contributed by atoms with van der Waals surface area (Å²) in [7, 11) is 1.37. The van der Waals surface area contributed by atoms with E-state index in [1.54, 1.807) is 12.1 Å². The predicted octanol–water partition coefficient (Wildman–Crippen LogP) is 2.74. The molecule has 24 heavy (non-hydrogen) atoms. The van der Waals surface area contributed by atoms with E-state index in [0.717, 1.165) is 24.9 Å². The van der Waals surface area contributed by atoms with Gasteiger partial charge in [0.1, 0.15) is 0 Å². The van der Waals surface area contributed by atoms with E-state index < -0.39 is 0 Å². The number of hydrogen-bond donors (Lipinski definition) is 1. The van der Waals surface area contributed by atoms with Crippen LogP contribution in [0.15, 0.2) is 24.3 Å². The molecule has 1 aliphatic heterocycles. The maximum atomic E-state index is 12.4. The van der Waals surface area contributed by atoms with Crippen LogP contribution in [0.5, 0.6) is 0 Å². The molecule has 1 aliphatic rings. The van der Waals surface area contributed by atoms with Crippen LogP contribution in [0.4, 0.5) is 0 Å². The average molecular weight is 332 g/mol. The van der Waals surface area contributed by atoms with E-state index in [1.165, 1.54) is 7.11 Å². The number of amides is 1. The second-order valence-corrected chi connectivity index (χ2v) is 7.42. The van der Waals surface area contributed by atoms with E-state index in [-0.39, 0.29) is 17.4 Å². The second-order valence-electron chi connectivity index (χ2n) is 7.42. The normalized spacial score (nSPS) is 19.1. The van der Waals surface area contributed by atoms with E-state index in [2.05, 4.69) is 26.1 Å². The zero-order valence-corrected chi connectivity index (χ0v) is 15.1. The number of nitrogens with zero attached hydrogens (tertiary/aromatic N) is 1. The van der Waals surface area contributed by atoms with Crippen LogP contribution < -0.4 is 5.32 Å². The first-order valence-corrected chi connectivity index (χ1v) is 8.51. The SMILES string of the molecule is COC(=O)c1ccc(CN2CCC(NC(C)(C)C)CCC2=O)cc1. The molecule has 0 aliphatic carbocycles. The molecule has 0 aromatic heterocycles. The van der Waals surface area contributed by atoms with E-state index in [0.29, 0.717) is 24.6 Å². The number of esters is 1. The molecule has 1 saturated heterocycles. The Balaban J connectivity index is 1.96. The molecule has 0 radical (unpaired) electrons. The highest BCUT2D eigenvalue weighted by Crippen LogP contribution is 2.18. The average Bonchev–Trinajstić information content (AvgIpc) is 2.69. The van der Waals surface area contributed by atoms with Crippen molar-refractivity contribution in [1.82, 2.24) is 10.2 Å². The molecule has 0 saturated carbocycles. The quantitative estimate of drug-likeness (QED) is 0.861. The molecule has 5 heteroatoms. The molecular formula is C19H28N2O3. The van der Waals surface area contributed by atoms with Crippen molar-refractivity contribution in [3.8, 4) is 0 Å². The van der Waals surface area contributed by atoms with Crippen LogP contribution in [0.3, 0.4) is 0 Å². The van der Waals surface area contributed by atoms with Crippen LogP contribution in [0.2, 0.25) is 0 Å². The highest BCUT2D eigenvalue weighted by Gasteiger charge is 2.25. The van der Waals surface area contributed by atoms with Gasteiger partial charge in [0.25, 0.3) is 0 Å². The first kappa shape index (κ1) is 18.5. The predicted molar refractivity (Wildman–Crippen MR) is 93.7 cm³/mol. The van der Waals surface area contributed by atoms with Crippen molar-refractivity contribution in [3.63, 3.8) is 0 Å². The Morgan fingerprint density at radius 2 is 1.92 bits per heavy atom. The summed E-state index contributed by atoms with van der Waals surface area (Å²) >= 11 is 0. The van der Waals surface area contributed by atoms with Crippen molar-refractivity contribution in [3.05, 3.63) is 35.4 Å². The number of benzene rings is 1. The molecule has 1 atom stereocenters. The first-order chi connectivity index (χ1) is 11.3. The Morgan fingerprint density at radius 1 is 1.25 bits per heavy atom. The van der Waals surface area contributed by atoms with Gasteiger partial charge in [0.15, 0.2) is 0 Å². The van der Waals surface area contributed by atoms with Gasteiger partial charge in [0.05, 0.1) is 12.7 Å². The monoisotopic (exact) mass is 332 g/mol. The highest BCUT2D eigenvalue weighted by molar-refractivity contribution is 5.89. The first-order valence-electron chi connectivity index (χ1n) is 8.51. The van der Waals surface area contributed by atoms with Gasteiger partial charge >= 0.3 is 5.97 Å². The molecule has 2 rings (SSSR count). The third-order valence-electron chi connectivity index (χ3n) is 4.19. The van der Waals surface area contributed by atoms with Crippen LogP contribution in [0, 0.1) is 0 Å². The van der Waals surface area contributed by atoms with Crippen molar-refractivity contribution >= 4 is 11.9 Å². The summed E-state index contributed by atoms with van der Waals surface area (Å²) in [6.07, 6.45) is 2.42. The molecule has 1 aromatic rings. The molecule has 132 valence electrons. The Labute approximate surface area is 144 Å². The van der Waals surface area contributed by atoms with E-state index in [4.69, 9.17) is 4.74 Å². The highest BCUT2D eigenvalue weighted by atomic mass is 16.5. The molecule has 5 nitrogen and oxygen atoms in total. The molecule has 0 bridgehead atoms. The summed E-state index contributed by atoms with van der Waals surface area (Å²) < 4.78 is 4.70. The number of ether oxygens (including phenoxy) is 1. The summed E-state index contributed by atoms with van der Waals surface area (Å²) in [5.74, 6) is -0.145. The molecular weight excluding hydrogens is 304 g/mol. The standard InChI is InChI=1S/C19H28N2O3/c1-19(2,3)20-16-9-10-17(22)21(12-11-16)13-14-5-7-15(8-6-14)18(23)24-4/h5-8,16,20H,9-13H2,1-4H3. The Kier molecular flexibility index (Phi) is 5.99. The minimum atomic E-state index is -0.344. The fourth-order valence-electron chi connectivity index (χ4n) is 3.04. The molecule has 1 heterocycles. The van der Waals surface area contributed by atoms with Crippen LogP contribution in [-0.4, -0.2) is 42.0 Å². The molecule has 1 amide bonds. The Hall–Kier alpha value is -1.88. The summed E-state index contributed by atoms with van der Waals surface area (Å²) in [5, 5.41) is 3.60. The zero-order valence-electron chi connectivity index (χ0n) is 15.1. The van der Waals surface area contributed by atoms with Gasteiger partial charge in [-0.2, -0.15) is 0 Å². The number of nitrogens with one attached hydrogen (secondary N) is 1. The fraction of sp³-hybridized carbons (Fsp3) is 0.579. The van der Waals surface area contributed by atoms with Gasteiger partial charge in [-0.3, -0.25) is 4.79 Å². The van der Waals surface area contributed by atoms with Crippen molar-refractivity contribution in [2.24, 2.45) is 0 Å². The van der Waals surface area contributed by atoms with Gasteiger partial charge < -0.3 is 15.0 Å². The number of methoxy groups -OCH3 is 1. The second kappa shape index (κ2) is 7.79. The fourth-order valence-corrected chi connectivity index (χ4v) is 3.04. The van der Waals surface area contributed by atoms with Crippen molar-refractivity contribution in [1.29, 1.82) is 0 Å². The van der Waals surface area contributed by atoms with Crippen LogP contribution in [0.1, 0.15) is 56.0 Å². The van der Waals surface area contributed by atoms with Gasteiger partial charge in [-0.05, 0) is 51.3 Å². The third kappa shape index (κ3) is 5.34.